The van der Waals surface area contributed by atoms with E-state index in [1.165, 1.54) is 12.8 Å². The molecule has 118 valence electrons. The van der Waals surface area contributed by atoms with Gasteiger partial charge in [0.05, 0.1) is 5.37 Å². The maximum atomic E-state index is 12.5. The zero-order valence-electron chi connectivity index (χ0n) is 12.5. The maximum Gasteiger partial charge on any atom is 0.327 e. The van der Waals surface area contributed by atoms with E-state index in [4.69, 9.17) is 0 Å². The number of rotatable bonds is 4. The average molecular weight is 312 g/mol. The minimum Gasteiger partial charge on any atom is -0.480 e. The van der Waals surface area contributed by atoms with Crippen LogP contribution in [0.15, 0.2) is 0 Å². The number of nitrogens with one attached hydrogen (secondary N) is 1. The van der Waals surface area contributed by atoms with Gasteiger partial charge in [-0.1, -0.05) is 19.8 Å². The summed E-state index contributed by atoms with van der Waals surface area (Å²) in [4.78, 5) is 25.5. The molecule has 0 spiro atoms. The van der Waals surface area contributed by atoms with Crippen LogP contribution in [0.25, 0.3) is 0 Å². The number of carboxylic acid groups (broad SMARTS) is 1. The Morgan fingerprint density at radius 3 is 2.57 bits per heavy atom. The van der Waals surface area contributed by atoms with E-state index in [2.05, 4.69) is 12.2 Å². The third kappa shape index (κ3) is 3.15. The lowest BCUT2D eigenvalue weighted by Crippen LogP contribution is -2.52. The van der Waals surface area contributed by atoms with Gasteiger partial charge in [0.2, 0.25) is 0 Å². The number of hydrogen-bond acceptors (Lipinski definition) is 3. The van der Waals surface area contributed by atoms with Gasteiger partial charge in [0, 0.05) is 12.3 Å². The maximum absolute atomic E-state index is 12.5. The summed E-state index contributed by atoms with van der Waals surface area (Å²) in [5, 5.41) is 12.4. The predicted octanol–water partition coefficient (Wildman–Crippen LogP) is 2.51. The highest BCUT2D eigenvalue weighted by Gasteiger charge is 2.48. The molecule has 0 aromatic carbocycles. The molecule has 3 aliphatic rings. The van der Waals surface area contributed by atoms with Crippen LogP contribution < -0.4 is 5.32 Å². The van der Waals surface area contributed by atoms with Crippen molar-refractivity contribution in [3.63, 3.8) is 0 Å². The first-order valence-electron chi connectivity index (χ1n) is 7.91. The fourth-order valence-electron chi connectivity index (χ4n) is 3.51. The molecular weight excluding hydrogens is 288 g/mol. The Hall–Kier alpha value is -0.910. The molecular formula is C15H24N2O3S. The van der Waals surface area contributed by atoms with Gasteiger partial charge in [-0.25, -0.2) is 9.59 Å². The van der Waals surface area contributed by atoms with Crippen molar-refractivity contribution in [1.82, 2.24) is 10.2 Å². The molecule has 2 aliphatic carbocycles. The van der Waals surface area contributed by atoms with E-state index in [0.717, 1.165) is 25.7 Å². The van der Waals surface area contributed by atoms with Crippen molar-refractivity contribution in [3.8, 4) is 0 Å². The van der Waals surface area contributed by atoms with Crippen LogP contribution in [-0.4, -0.2) is 45.7 Å². The minimum absolute atomic E-state index is 0.0579. The van der Waals surface area contributed by atoms with Gasteiger partial charge in [-0.15, -0.1) is 11.8 Å². The second-order valence-corrected chi connectivity index (χ2v) is 8.15. The molecule has 2 N–H and O–H groups in total. The molecule has 6 heteroatoms. The number of carbonyl (C=O) groups excluding carboxylic acids is 1. The summed E-state index contributed by atoms with van der Waals surface area (Å²) in [7, 11) is 0. The molecule has 1 heterocycles. The smallest absolute Gasteiger partial charge is 0.327 e. The lowest BCUT2D eigenvalue weighted by molar-refractivity contribution is -0.141. The van der Waals surface area contributed by atoms with Gasteiger partial charge in [0.15, 0.2) is 0 Å². The van der Waals surface area contributed by atoms with Crippen LogP contribution in [0.3, 0.4) is 0 Å². The van der Waals surface area contributed by atoms with Crippen molar-refractivity contribution in [2.45, 2.75) is 56.9 Å². The van der Waals surface area contributed by atoms with Crippen LogP contribution in [0.2, 0.25) is 0 Å². The van der Waals surface area contributed by atoms with Crippen LogP contribution in [0.4, 0.5) is 4.79 Å². The highest BCUT2D eigenvalue weighted by atomic mass is 32.2. The van der Waals surface area contributed by atoms with E-state index in [-0.39, 0.29) is 16.8 Å². The molecule has 21 heavy (non-hydrogen) atoms. The summed E-state index contributed by atoms with van der Waals surface area (Å²) in [5.74, 6) is 0.126. The molecule has 0 aromatic rings. The molecule has 0 aromatic heterocycles. The molecule has 0 radical (unpaired) electrons. The quantitative estimate of drug-likeness (QED) is 0.837. The minimum atomic E-state index is -0.882. The SMILES string of the molecule is CC1(CNC(=O)N2C(C(=O)O)CSC2C2CC2)CCCC1. The normalized spacial score (nSPS) is 31.4. The molecule has 1 aliphatic heterocycles. The highest BCUT2D eigenvalue weighted by molar-refractivity contribution is 8.00. The topological polar surface area (TPSA) is 69.6 Å². The van der Waals surface area contributed by atoms with Gasteiger partial charge in [-0.3, -0.25) is 4.90 Å². The Balaban J connectivity index is 1.63. The third-order valence-corrected chi connectivity index (χ3v) is 6.52. The molecule has 2 saturated carbocycles. The van der Waals surface area contributed by atoms with Crippen molar-refractivity contribution in [2.75, 3.05) is 12.3 Å². The lowest BCUT2D eigenvalue weighted by Gasteiger charge is -2.30. The van der Waals surface area contributed by atoms with Gasteiger partial charge in [-0.2, -0.15) is 0 Å². The number of nitrogens with zero attached hydrogens (tertiary/aromatic N) is 1. The highest BCUT2D eigenvalue weighted by Crippen LogP contribution is 2.45. The molecule has 2 unspecified atom stereocenters. The van der Waals surface area contributed by atoms with Crippen molar-refractivity contribution in [3.05, 3.63) is 0 Å². The van der Waals surface area contributed by atoms with Crippen LogP contribution >= 0.6 is 11.8 Å². The van der Waals surface area contributed by atoms with Crippen molar-refractivity contribution >= 4 is 23.8 Å². The van der Waals surface area contributed by atoms with Gasteiger partial charge in [0.1, 0.15) is 6.04 Å². The van der Waals surface area contributed by atoms with E-state index in [0.29, 0.717) is 18.2 Å². The summed E-state index contributed by atoms with van der Waals surface area (Å²) in [6, 6.07) is -0.852. The monoisotopic (exact) mass is 312 g/mol. The van der Waals surface area contributed by atoms with Crippen molar-refractivity contribution in [1.29, 1.82) is 0 Å². The summed E-state index contributed by atoms with van der Waals surface area (Å²) < 4.78 is 0. The zero-order chi connectivity index (χ0) is 15.0. The third-order valence-electron chi connectivity index (χ3n) is 5.06. The first kappa shape index (κ1) is 15.0. The molecule has 3 rings (SSSR count). The first-order valence-corrected chi connectivity index (χ1v) is 8.96. The van der Waals surface area contributed by atoms with E-state index in [1.54, 1.807) is 16.7 Å². The molecule has 3 fully saturated rings. The van der Waals surface area contributed by atoms with Crippen LogP contribution in [0.5, 0.6) is 0 Å². The van der Waals surface area contributed by atoms with Gasteiger partial charge in [-0.05, 0) is 37.0 Å². The Morgan fingerprint density at radius 1 is 1.33 bits per heavy atom. The van der Waals surface area contributed by atoms with E-state index in [9.17, 15) is 14.7 Å². The molecule has 2 amide bonds. The Labute approximate surface area is 129 Å². The van der Waals surface area contributed by atoms with Crippen molar-refractivity contribution in [2.24, 2.45) is 11.3 Å². The molecule has 1 saturated heterocycles. The van der Waals surface area contributed by atoms with E-state index in [1.807, 2.05) is 0 Å². The summed E-state index contributed by atoms with van der Waals surface area (Å²) in [5.41, 5.74) is 0.191. The Morgan fingerprint density at radius 2 is 2.00 bits per heavy atom. The lowest BCUT2D eigenvalue weighted by atomic mass is 9.89. The number of carbonyl (C=O) groups is 2. The van der Waals surface area contributed by atoms with E-state index < -0.39 is 12.0 Å². The van der Waals surface area contributed by atoms with Crippen LogP contribution in [-0.2, 0) is 4.79 Å². The Bertz CT molecular complexity index is 433. The summed E-state index contributed by atoms with van der Waals surface area (Å²) in [6.07, 6.45) is 6.99. The molecule has 0 bridgehead atoms. The van der Waals surface area contributed by atoms with Crippen molar-refractivity contribution < 1.29 is 14.7 Å². The molecule has 2 atom stereocenters. The average Bonchev–Trinajstić information content (AvgIpc) is 3.04. The number of amides is 2. The number of thioether (sulfide) groups is 1. The second-order valence-electron chi connectivity index (χ2n) is 7.00. The number of hydrogen-bond donors (Lipinski definition) is 2. The number of urea groups is 1. The zero-order valence-corrected chi connectivity index (χ0v) is 13.3. The van der Waals surface area contributed by atoms with Crippen LogP contribution in [0.1, 0.15) is 45.4 Å². The fraction of sp³-hybridized carbons (Fsp3) is 0.867. The number of aliphatic carboxylic acids is 1. The van der Waals surface area contributed by atoms with Gasteiger partial charge in [0.25, 0.3) is 0 Å². The standard InChI is InChI=1S/C15H24N2O3S/c1-15(6-2-3-7-15)9-16-14(20)17-11(13(18)19)8-21-12(17)10-4-5-10/h10-12H,2-9H2,1H3,(H,16,20)(H,18,19). The van der Waals surface area contributed by atoms with E-state index >= 15 is 0 Å². The fourth-order valence-corrected chi connectivity index (χ4v) is 5.14. The van der Waals surface area contributed by atoms with Gasteiger partial charge >= 0.3 is 12.0 Å². The van der Waals surface area contributed by atoms with Gasteiger partial charge < -0.3 is 10.4 Å². The first-order chi connectivity index (χ1) is 10.0. The predicted molar refractivity (Wildman–Crippen MR) is 82.2 cm³/mol. The summed E-state index contributed by atoms with van der Waals surface area (Å²) >= 11 is 1.63. The largest absolute Gasteiger partial charge is 0.480 e. The molecule has 5 nitrogen and oxygen atoms in total. The van der Waals surface area contributed by atoms with Crippen LogP contribution in [0, 0.1) is 11.3 Å². The number of carboxylic acids is 1. The Kier molecular flexibility index (Phi) is 4.08. The second kappa shape index (κ2) is 5.71. The summed E-state index contributed by atoms with van der Waals surface area (Å²) in [6.45, 7) is 2.88.